The van der Waals surface area contributed by atoms with Crippen LogP contribution in [0.15, 0.2) is 0 Å². The summed E-state index contributed by atoms with van der Waals surface area (Å²) < 4.78 is 4.98. The van der Waals surface area contributed by atoms with E-state index in [-0.39, 0.29) is 31.3 Å². The van der Waals surface area contributed by atoms with Crippen LogP contribution in [0.25, 0.3) is 0 Å². The minimum absolute atomic E-state index is 0.107. The number of aliphatic carboxylic acids is 1. The number of ether oxygens (including phenoxy) is 1. The Morgan fingerprint density at radius 2 is 2.00 bits per heavy atom. The average molecular weight is 357 g/mol. The van der Waals surface area contributed by atoms with Gasteiger partial charge in [-0.05, 0) is 33.1 Å². The lowest BCUT2D eigenvalue weighted by Gasteiger charge is -2.27. The number of carbonyl (C=O) groups excluding carboxylic acids is 3. The second-order valence-corrected chi connectivity index (χ2v) is 5.93. The molecule has 0 spiro atoms. The van der Waals surface area contributed by atoms with Crippen LogP contribution in [0, 0.1) is 0 Å². The van der Waals surface area contributed by atoms with Crippen molar-refractivity contribution >= 4 is 23.8 Å². The van der Waals surface area contributed by atoms with Gasteiger partial charge in [0.2, 0.25) is 11.8 Å². The largest absolute Gasteiger partial charge is 0.480 e. The molecular formula is C16H27N3O6. The molecule has 1 aliphatic rings. The van der Waals surface area contributed by atoms with Crippen molar-refractivity contribution in [3.8, 4) is 0 Å². The van der Waals surface area contributed by atoms with Crippen molar-refractivity contribution in [2.24, 2.45) is 0 Å². The molecule has 3 atom stereocenters. The molecule has 2 amide bonds. The summed E-state index contributed by atoms with van der Waals surface area (Å²) in [5.41, 5.74) is 0. The topological polar surface area (TPSA) is 125 Å². The molecule has 0 aliphatic carbocycles. The Balaban J connectivity index is 2.73. The Kier molecular flexibility index (Phi) is 8.33. The smallest absolute Gasteiger partial charge is 0.326 e. The van der Waals surface area contributed by atoms with Gasteiger partial charge >= 0.3 is 11.9 Å². The van der Waals surface area contributed by atoms with Crippen LogP contribution in [-0.2, 0) is 23.9 Å². The van der Waals surface area contributed by atoms with Gasteiger partial charge in [0.15, 0.2) is 0 Å². The van der Waals surface area contributed by atoms with Crippen LogP contribution in [0.5, 0.6) is 0 Å². The van der Waals surface area contributed by atoms with E-state index in [4.69, 9.17) is 4.74 Å². The van der Waals surface area contributed by atoms with Gasteiger partial charge in [-0.2, -0.15) is 0 Å². The van der Waals surface area contributed by atoms with Crippen LogP contribution in [0.4, 0.5) is 0 Å². The maximum Gasteiger partial charge on any atom is 0.326 e. The predicted molar refractivity (Wildman–Crippen MR) is 88.7 cm³/mol. The highest BCUT2D eigenvalue weighted by atomic mass is 16.5. The third kappa shape index (κ3) is 6.00. The lowest BCUT2D eigenvalue weighted by Crippen LogP contribution is -2.53. The maximum absolute atomic E-state index is 12.5. The van der Waals surface area contributed by atoms with E-state index in [0.717, 1.165) is 0 Å². The molecule has 142 valence electrons. The number of likely N-dealkylation sites (tertiary alicyclic amines) is 1. The van der Waals surface area contributed by atoms with E-state index in [1.54, 1.807) is 13.8 Å². The van der Waals surface area contributed by atoms with Gasteiger partial charge in [-0.1, -0.05) is 0 Å². The Hall–Kier alpha value is -2.16. The molecule has 0 aromatic heterocycles. The summed E-state index contributed by atoms with van der Waals surface area (Å²) in [6, 6.07) is -2.41. The second-order valence-electron chi connectivity index (χ2n) is 5.93. The molecule has 0 bridgehead atoms. The molecule has 9 heteroatoms. The van der Waals surface area contributed by atoms with Crippen LogP contribution in [-0.4, -0.2) is 72.1 Å². The Morgan fingerprint density at radius 1 is 1.32 bits per heavy atom. The molecule has 1 fully saturated rings. The molecule has 9 nitrogen and oxygen atoms in total. The third-order valence-corrected chi connectivity index (χ3v) is 4.15. The molecule has 0 aromatic carbocycles. The fraction of sp³-hybridized carbons (Fsp3) is 0.750. The minimum atomic E-state index is -1.03. The van der Waals surface area contributed by atoms with Crippen LogP contribution in [0.3, 0.4) is 0 Å². The van der Waals surface area contributed by atoms with Gasteiger partial charge in [0.1, 0.15) is 12.1 Å². The van der Waals surface area contributed by atoms with Crippen molar-refractivity contribution in [1.29, 1.82) is 0 Å². The van der Waals surface area contributed by atoms with E-state index in [2.05, 4.69) is 10.6 Å². The summed E-state index contributed by atoms with van der Waals surface area (Å²) in [5.74, 6) is -2.17. The summed E-state index contributed by atoms with van der Waals surface area (Å²) in [4.78, 5) is 48.6. The second kappa shape index (κ2) is 9.97. The number of hydrogen-bond acceptors (Lipinski definition) is 6. The number of nitrogens with one attached hydrogen (secondary N) is 2. The highest BCUT2D eigenvalue weighted by molar-refractivity contribution is 5.88. The van der Waals surface area contributed by atoms with Crippen molar-refractivity contribution in [1.82, 2.24) is 15.5 Å². The van der Waals surface area contributed by atoms with E-state index in [1.807, 2.05) is 0 Å². The SMILES string of the molecule is CCOC(=O)C(CCC(=O)NC)N[C@@H](C)C(=O)N1CCC[C@H]1C(=O)O. The first-order valence-electron chi connectivity index (χ1n) is 8.48. The third-order valence-electron chi connectivity index (χ3n) is 4.15. The van der Waals surface area contributed by atoms with E-state index in [1.165, 1.54) is 11.9 Å². The van der Waals surface area contributed by atoms with Crippen LogP contribution in [0.2, 0.25) is 0 Å². The fourth-order valence-electron chi connectivity index (χ4n) is 2.82. The van der Waals surface area contributed by atoms with E-state index in [0.29, 0.717) is 19.4 Å². The van der Waals surface area contributed by atoms with Crippen molar-refractivity contribution in [3.63, 3.8) is 0 Å². The number of hydrogen-bond donors (Lipinski definition) is 3. The van der Waals surface area contributed by atoms with Crippen molar-refractivity contribution in [2.75, 3.05) is 20.2 Å². The van der Waals surface area contributed by atoms with Crippen LogP contribution >= 0.6 is 0 Å². The van der Waals surface area contributed by atoms with Gasteiger partial charge in [0.05, 0.1) is 12.6 Å². The zero-order chi connectivity index (χ0) is 19.0. The normalized spacial score (nSPS) is 19.2. The van der Waals surface area contributed by atoms with Gasteiger partial charge in [0, 0.05) is 20.0 Å². The van der Waals surface area contributed by atoms with E-state index >= 15 is 0 Å². The number of carboxylic acid groups (broad SMARTS) is 1. The lowest BCUT2D eigenvalue weighted by molar-refractivity contribution is -0.150. The zero-order valence-electron chi connectivity index (χ0n) is 14.9. The number of amides is 2. The van der Waals surface area contributed by atoms with E-state index in [9.17, 15) is 24.3 Å². The van der Waals surface area contributed by atoms with Crippen LogP contribution in [0.1, 0.15) is 39.5 Å². The molecule has 1 saturated heterocycles. The Bertz CT molecular complexity index is 510. The van der Waals surface area contributed by atoms with Crippen molar-refractivity contribution in [2.45, 2.75) is 57.7 Å². The summed E-state index contributed by atoms with van der Waals surface area (Å²) in [5, 5.41) is 14.5. The van der Waals surface area contributed by atoms with Gasteiger partial charge < -0.3 is 20.1 Å². The molecule has 1 aliphatic heterocycles. The standard InChI is InChI=1S/C16H27N3O6/c1-4-25-16(24)11(7-8-13(20)17-3)18-10(2)14(21)19-9-5-6-12(19)15(22)23/h10-12,18H,4-9H2,1-3H3,(H,17,20)(H,22,23)/t10-,11?,12-/m0/s1. The monoisotopic (exact) mass is 357 g/mol. The molecule has 3 N–H and O–H groups in total. The number of rotatable bonds is 9. The molecule has 1 heterocycles. The first kappa shape index (κ1) is 20.9. The first-order valence-corrected chi connectivity index (χ1v) is 8.48. The average Bonchev–Trinajstić information content (AvgIpc) is 3.07. The summed E-state index contributed by atoms with van der Waals surface area (Å²) in [6.45, 7) is 3.81. The van der Waals surface area contributed by atoms with Gasteiger partial charge in [-0.25, -0.2) is 4.79 Å². The number of esters is 1. The zero-order valence-corrected chi connectivity index (χ0v) is 14.9. The summed E-state index contributed by atoms with van der Waals surface area (Å²) in [7, 11) is 1.50. The Labute approximate surface area is 147 Å². The molecule has 1 unspecified atom stereocenters. The molecule has 0 radical (unpaired) electrons. The van der Waals surface area contributed by atoms with Gasteiger partial charge in [-0.15, -0.1) is 0 Å². The van der Waals surface area contributed by atoms with Crippen molar-refractivity contribution < 1.29 is 29.0 Å². The molecule has 25 heavy (non-hydrogen) atoms. The molecule has 1 rings (SSSR count). The highest BCUT2D eigenvalue weighted by Gasteiger charge is 2.37. The predicted octanol–water partition coefficient (Wildman–Crippen LogP) is -0.502. The Morgan fingerprint density at radius 3 is 2.56 bits per heavy atom. The number of nitrogens with zero attached hydrogens (tertiary/aromatic N) is 1. The molecular weight excluding hydrogens is 330 g/mol. The molecule has 0 aromatic rings. The van der Waals surface area contributed by atoms with Gasteiger partial charge in [-0.3, -0.25) is 19.7 Å². The minimum Gasteiger partial charge on any atom is -0.480 e. The van der Waals surface area contributed by atoms with E-state index < -0.39 is 30.1 Å². The summed E-state index contributed by atoms with van der Waals surface area (Å²) in [6.07, 6.45) is 1.34. The summed E-state index contributed by atoms with van der Waals surface area (Å²) >= 11 is 0. The van der Waals surface area contributed by atoms with Gasteiger partial charge in [0.25, 0.3) is 0 Å². The first-order chi connectivity index (χ1) is 11.8. The molecule has 0 saturated carbocycles. The number of carbonyl (C=O) groups is 4. The maximum atomic E-state index is 12.5. The quantitative estimate of drug-likeness (QED) is 0.475. The highest BCUT2D eigenvalue weighted by Crippen LogP contribution is 2.18. The van der Waals surface area contributed by atoms with Crippen LogP contribution < -0.4 is 10.6 Å². The van der Waals surface area contributed by atoms with Crippen molar-refractivity contribution in [3.05, 3.63) is 0 Å². The lowest BCUT2D eigenvalue weighted by atomic mass is 10.1. The number of carboxylic acids is 1. The fourth-order valence-corrected chi connectivity index (χ4v) is 2.82.